The summed E-state index contributed by atoms with van der Waals surface area (Å²) in [6.45, 7) is 0. The van der Waals surface area contributed by atoms with E-state index in [1.165, 1.54) is 53.9 Å². The van der Waals surface area contributed by atoms with Gasteiger partial charge in [0, 0.05) is 34.4 Å². The molecule has 0 bridgehead atoms. The van der Waals surface area contributed by atoms with E-state index in [0.717, 1.165) is 40.0 Å². The van der Waals surface area contributed by atoms with Crippen molar-refractivity contribution in [2.75, 3.05) is 11.1 Å². The molecular weight excluding hydrogens is 414 g/mol. The molecule has 5 rings (SSSR count). The van der Waals surface area contributed by atoms with Crippen LogP contribution in [0.2, 0.25) is 0 Å². The molecule has 0 spiro atoms. The van der Waals surface area contributed by atoms with E-state index in [-0.39, 0.29) is 5.91 Å². The van der Waals surface area contributed by atoms with E-state index in [1.54, 1.807) is 12.4 Å². The van der Waals surface area contributed by atoms with Gasteiger partial charge >= 0.3 is 0 Å². The maximum Gasteiger partial charge on any atom is 0.269 e. The van der Waals surface area contributed by atoms with Gasteiger partial charge < -0.3 is 5.73 Å². The number of carbonyl (C=O) groups is 1. The van der Waals surface area contributed by atoms with Crippen molar-refractivity contribution in [3.63, 3.8) is 0 Å². The average molecular weight is 436 g/mol. The first-order valence-corrected chi connectivity index (χ1v) is 11.8. The van der Waals surface area contributed by atoms with E-state index in [9.17, 15) is 4.79 Å². The summed E-state index contributed by atoms with van der Waals surface area (Å²) in [5.74, 6) is -0.241. The summed E-state index contributed by atoms with van der Waals surface area (Å²) in [5.41, 5.74) is 11.0. The standard InChI is InChI=1S/C22H21N5OS2/c23-18-15-10-13-6-3-1-2-4-8-16(13)25-21(15)30-19(18)20(28)27-22-26-17(12-29-22)14-7-5-9-24-11-14/h5,7,9-12H,1-4,6,8,23H2,(H,26,27,28). The van der Waals surface area contributed by atoms with Gasteiger partial charge in [0.2, 0.25) is 0 Å². The van der Waals surface area contributed by atoms with Crippen LogP contribution in [0.3, 0.4) is 0 Å². The topological polar surface area (TPSA) is 93.8 Å². The van der Waals surface area contributed by atoms with Crippen molar-refractivity contribution in [1.29, 1.82) is 0 Å². The third-order valence-electron chi connectivity index (χ3n) is 5.39. The van der Waals surface area contributed by atoms with Gasteiger partial charge in [-0.25, -0.2) is 9.97 Å². The Balaban J connectivity index is 1.42. The molecule has 0 radical (unpaired) electrons. The first-order valence-electron chi connectivity index (χ1n) is 10.1. The normalized spacial score (nSPS) is 14.1. The smallest absolute Gasteiger partial charge is 0.269 e. The van der Waals surface area contributed by atoms with Gasteiger partial charge in [-0.1, -0.05) is 12.8 Å². The van der Waals surface area contributed by atoms with Gasteiger partial charge in [-0.2, -0.15) is 0 Å². The zero-order chi connectivity index (χ0) is 20.5. The predicted molar refractivity (Wildman–Crippen MR) is 123 cm³/mol. The summed E-state index contributed by atoms with van der Waals surface area (Å²) in [6.07, 6.45) is 10.4. The molecule has 0 aromatic carbocycles. The summed E-state index contributed by atoms with van der Waals surface area (Å²) >= 11 is 2.74. The number of carbonyl (C=O) groups excluding carboxylic acids is 1. The van der Waals surface area contributed by atoms with Crippen molar-refractivity contribution in [3.8, 4) is 11.3 Å². The number of thiophene rings is 1. The molecule has 0 saturated carbocycles. The minimum Gasteiger partial charge on any atom is -0.397 e. The van der Waals surface area contributed by atoms with Crippen LogP contribution in [0, 0.1) is 0 Å². The van der Waals surface area contributed by atoms with E-state index in [4.69, 9.17) is 10.7 Å². The van der Waals surface area contributed by atoms with E-state index >= 15 is 0 Å². The molecule has 4 heterocycles. The van der Waals surface area contributed by atoms with Crippen LogP contribution in [-0.4, -0.2) is 20.9 Å². The largest absolute Gasteiger partial charge is 0.397 e. The molecule has 8 heteroatoms. The van der Waals surface area contributed by atoms with Gasteiger partial charge in [0.05, 0.1) is 11.4 Å². The number of nitrogens with zero attached hydrogens (tertiary/aromatic N) is 3. The highest BCUT2D eigenvalue weighted by Crippen LogP contribution is 2.36. The lowest BCUT2D eigenvalue weighted by Crippen LogP contribution is -2.11. The zero-order valence-corrected chi connectivity index (χ0v) is 18.0. The molecule has 1 aliphatic carbocycles. The number of hydrogen-bond acceptors (Lipinski definition) is 7. The first-order chi connectivity index (χ1) is 14.7. The lowest BCUT2D eigenvalue weighted by Gasteiger charge is -2.12. The van der Waals surface area contributed by atoms with Crippen molar-refractivity contribution in [1.82, 2.24) is 15.0 Å². The number of thiazole rings is 1. The van der Waals surface area contributed by atoms with Crippen LogP contribution in [0.4, 0.5) is 10.8 Å². The third-order valence-corrected chi connectivity index (χ3v) is 7.26. The molecule has 1 amide bonds. The Morgan fingerprint density at radius 2 is 2.00 bits per heavy atom. The highest BCUT2D eigenvalue weighted by molar-refractivity contribution is 7.21. The minimum atomic E-state index is -0.241. The lowest BCUT2D eigenvalue weighted by molar-refractivity contribution is 0.103. The Morgan fingerprint density at radius 1 is 1.13 bits per heavy atom. The Bertz CT molecular complexity index is 1220. The number of pyridine rings is 2. The van der Waals surface area contributed by atoms with Gasteiger partial charge in [0.15, 0.2) is 5.13 Å². The van der Waals surface area contributed by atoms with Crippen molar-refractivity contribution >= 4 is 49.6 Å². The van der Waals surface area contributed by atoms with E-state index in [0.29, 0.717) is 15.7 Å². The summed E-state index contributed by atoms with van der Waals surface area (Å²) in [6, 6.07) is 5.95. The Hall–Kier alpha value is -2.84. The van der Waals surface area contributed by atoms with Gasteiger partial charge in [-0.05, 0) is 49.4 Å². The highest BCUT2D eigenvalue weighted by Gasteiger charge is 2.21. The van der Waals surface area contributed by atoms with Gasteiger partial charge in [0.25, 0.3) is 5.91 Å². The second-order valence-corrected chi connectivity index (χ2v) is 9.30. The maximum atomic E-state index is 12.9. The van der Waals surface area contributed by atoms with Crippen molar-refractivity contribution in [2.45, 2.75) is 38.5 Å². The quantitative estimate of drug-likeness (QED) is 0.455. The second kappa shape index (κ2) is 8.12. The second-order valence-electron chi connectivity index (χ2n) is 7.44. The number of amides is 1. The molecule has 0 aliphatic heterocycles. The summed E-state index contributed by atoms with van der Waals surface area (Å²) in [7, 11) is 0. The molecule has 0 atom stereocenters. The number of nitrogen functional groups attached to an aromatic ring is 1. The predicted octanol–water partition coefficient (Wildman–Crippen LogP) is 5.31. The molecule has 1 aliphatic rings. The Morgan fingerprint density at radius 3 is 2.83 bits per heavy atom. The highest BCUT2D eigenvalue weighted by atomic mass is 32.1. The number of nitrogens with two attached hydrogens (primary N) is 1. The SMILES string of the molecule is Nc1c(C(=O)Nc2nc(-c3cccnc3)cs2)sc2nc3c(cc12)CCCCCC3. The lowest BCUT2D eigenvalue weighted by atomic mass is 9.96. The Kier molecular flexibility index (Phi) is 5.18. The van der Waals surface area contributed by atoms with Crippen LogP contribution in [0.15, 0.2) is 36.0 Å². The molecule has 0 unspecified atom stereocenters. The van der Waals surface area contributed by atoms with Gasteiger partial charge in [-0.3, -0.25) is 15.1 Å². The van der Waals surface area contributed by atoms with Crippen molar-refractivity contribution < 1.29 is 4.79 Å². The molecule has 4 aromatic heterocycles. The molecular formula is C22H21N5OS2. The van der Waals surface area contributed by atoms with Crippen molar-refractivity contribution in [2.24, 2.45) is 0 Å². The van der Waals surface area contributed by atoms with Gasteiger partial charge in [-0.15, -0.1) is 22.7 Å². The first kappa shape index (κ1) is 19.1. The summed E-state index contributed by atoms with van der Waals surface area (Å²) in [4.78, 5) is 27.8. The third kappa shape index (κ3) is 3.68. The summed E-state index contributed by atoms with van der Waals surface area (Å²) in [5, 5.41) is 6.22. The molecule has 152 valence electrons. The maximum absolute atomic E-state index is 12.9. The number of nitrogens with one attached hydrogen (secondary N) is 1. The van der Waals surface area contributed by atoms with E-state index in [1.807, 2.05) is 17.5 Å². The monoisotopic (exact) mass is 435 g/mol. The van der Waals surface area contributed by atoms with Crippen LogP contribution in [0.1, 0.15) is 46.6 Å². The number of anilines is 2. The number of aromatic nitrogens is 3. The number of aryl methyl sites for hydroxylation is 2. The fraction of sp³-hybridized carbons (Fsp3) is 0.273. The number of fused-ring (bicyclic) bond motifs is 2. The van der Waals surface area contributed by atoms with Crippen LogP contribution in [-0.2, 0) is 12.8 Å². The van der Waals surface area contributed by atoms with E-state index < -0.39 is 0 Å². The fourth-order valence-corrected chi connectivity index (χ4v) is 5.52. The number of hydrogen-bond donors (Lipinski definition) is 2. The van der Waals surface area contributed by atoms with Crippen LogP contribution >= 0.6 is 22.7 Å². The molecule has 30 heavy (non-hydrogen) atoms. The average Bonchev–Trinajstić information content (AvgIpc) is 3.33. The molecule has 6 nitrogen and oxygen atoms in total. The van der Waals surface area contributed by atoms with Gasteiger partial charge in [0.1, 0.15) is 9.71 Å². The molecule has 4 aromatic rings. The molecule has 0 saturated heterocycles. The van der Waals surface area contributed by atoms with Crippen molar-refractivity contribution in [3.05, 3.63) is 52.1 Å². The van der Waals surface area contributed by atoms with Crippen LogP contribution in [0.25, 0.3) is 21.5 Å². The molecule has 0 fully saturated rings. The summed E-state index contributed by atoms with van der Waals surface area (Å²) < 4.78 is 0. The van der Waals surface area contributed by atoms with Crippen LogP contribution in [0.5, 0.6) is 0 Å². The molecule has 3 N–H and O–H groups in total. The number of rotatable bonds is 3. The zero-order valence-electron chi connectivity index (χ0n) is 16.4. The van der Waals surface area contributed by atoms with Crippen LogP contribution < -0.4 is 11.1 Å². The minimum absolute atomic E-state index is 0.241. The fourth-order valence-electron chi connectivity index (χ4n) is 3.81. The van der Waals surface area contributed by atoms with E-state index in [2.05, 4.69) is 21.4 Å². The Labute approximate surface area is 182 Å².